The molecule has 0 unspecified atom stereocenters. The highest BCUT2D eigenvalue weighted by atomic mass is 32.1. The lowest BCUT2D eigenvalue weighted by Crippen LogP contribution is -2.18. The molecule has 1 aromatic rings. The third-order valence-electron chi connectivity index (χ3n) is 1.28. The van der Waals surface area contributed by atoms with Gasteiger partial charge in [0, 0.05) is 24.5 Å². The molecule has 1 rings (SSSR count). The molecule has 0 bridgehead atoms. The van der Waals surface area contributed by atoms with E-state index in [0.717, 1.165) is 0 Å². The van der Waals surface area contributed by atoms with Gasteiger partial charge in [0.1, 0.15) is 0 Å². The van der Waals surface area contributed by atoms with Crippen molar-refractivity contribution in [3.8, 4) is 0 Å². The summed E-state index contributed by atoms with van der Waals surface area (Å²) < 4.78 is 0. The van der Waals surface area contributed by atoms with Crippen LogP contribution in [0.4, 0.5) is 5.13 Å². The van der Waals surface area contributed by atoms with E-state index < -0.39 is 0 Å². The maximum Gasteiger partial charge on any atom is 0.227 e. The first-order valence-electron chi connectivity index (χ1n) is 3.67. The fourth-order valence-electron chi connectivity index (χ4n) is 0.705. The maximum absolute atomic E-state index is 11.1. The van der Waals surface area contributed by atoms with E-state index in [0.29, 0.717) is 18.1 Å². The van der Waals surface area contributed by atoms with Crippen LogP contribution in [0.2, 0.25) is 0 Å². The topological polar surface area (TPSA) is 54.0 Å². The summed E-state index contributed by atoms with van der Waals surface area (Å²) >= 11 is 1.42. The molecule has 0 fully saturated rings. The Bertz CT molecular complexity index is 235. The third kappa shape index (κ3) is 2.98. The highest BCUT2D eigenvalue weighted by molar-refractivity contribution is 7.13. The molecule has 0 aliphatic heterocycles. The quantitative estimate of drug-likeness (QED) is 0.725. The summed E-state index contributed by atoms with van der Waals surface area (Å²) in [5.41, 5.74) is 0. The van der Waals surface area contributed by atoms with Gasteiger partial charge in [0.15, 0.2) is 5.13 Å². The normalized spacial score (nSPS) is 9.75. The Hall–Kier alpha value is -0.940. The number of aromatic nitrogens is 1. The van der Waals surface area contributed by atoms with E-state index in [4.69, 9.17) is 0 Å². The van der Waals surface area contributed by atoms with E-state index in [1.807, 2.05) is 12.4 Å². The van der Waals surface area contributed by atoms with Gasteiger partial charge in [0.2, 0.25) is 5.91 Å². The van der Waals surface area contributed by atoms with Crippen LogP contribution in [0.5, 0.6) is 0 Å². The molecular weight excluding hydrogens is 174 g/mol. The highest BCUT2D eigenvalue weighted by Gasteiger charge is 2.01. The number of thiazole rings is 1. The summed E-state index contributed by atoms with van der Waals surface area (Å²) in [5, 5.41) is 8.08. The molecule has 66 valence electrons. The molecule has 1 amide bonds. The van der Waals surface area contributed by atoms with E-state index >= 15 is 0 Å². The fourth-order valence-corrected chi connectivity index (χ4v) is 1.25. The first-order valence-corrected chi connectivity index (χ1v) is 4.55. The van der Waals surface area contributed by atoms with Gasteiger partial charge in [-0.3, -0.25) is 4.79 Å². The van der Waals surface area contributed by atoms with Crippen LogP contribution < -0.4 is 10.6 Å². The van der Waals surface area contributed by atoms with Gasteiger partial charge in [-0.25, -0.2) is 4.98 Å². The predicted octanol–water partition coefficient (Wildman–Crippen LogP) is 0.691. The molecule has 0 saturated carbocycles. The second-order valence-corrected chi connectivity index (χ2v) is 3.13. The van der Waals surface area contributed by atoms with Crippen molar-refractivity contribution >= 4 is 22.4 Å². The van der Waals surface area contributed by atoms with E-state index in [-0.39, 0.29) is 5.91 Å². The Balaban J connectivity index is 2.27. The van der Waals surface area contributed by atoms with Crippen molar-refractivity contribution in [2.24, 2.45) is 0 Å². The number of carbonyl (C=O) groups is 1. The standard InChI is InChI=1S/C7H11N3OS/c1-8-3-2-6(11)10-7-9-4-5-12-7/h4-5,8H,2-3H2,1H3,(H,9,10,11). The SMILES string of the molecule is CNCCC(=O)Nc1nccs1. The van der Waals surface area contributed by atoms with E-state index in [2.05, 4.69) is 15.6 Å². The number of rotatable bonds is 4. The summed E-state index contributed by atoms with van der Waals surface area (Å²) in [6.07, 6.45) is 2.15. The Morgan fingerprint density at radius 1 is 1.75 bits per heavy atom. The maximum atomic E-state index is 11.1. The lowest BCUT2D eigenvalue weighted by Gasteiger charge is -1.99. The van der Waals surface area contributed by atoms with Gasteiger partial charge in [0.05, 0.1) is 0 Å². The first-order chi connectivity index (χ1) is 5.83. The zero-order valence-corrected chi connectivity index (χ0v) is 7.65. The minimum atomic E-state index is -0.000648. The predicted molar refractivity (Wildman–Crippen MR) is 49.3 cm³/mol. The van der Waals surface area contributed by atoms with Crippen LogP contribution in [-0.2, 0) is 4.79 Å². The smallest absolute Gasteiger partial charge is 0.227 e. The average molecular weight is 185 g/mol. The van der Waals surface area contributed by atoms with Gasteiger partial charge >= 0.3 is 0 Å². The third-order valence-corrected chi connectivity index (χ3v) is 1.97. The molecule has 0 radical (unpaired) electrons. The van der Waals surface area contributed by atoms with E-state index in [1.54, 1.807) is 6.20 Å². The second kappa shape index (κ2) is 4.84. The van der Waals surface area contributed by atoms with Gasteiger partial charge in [-0.05, 0) is 7.05 Å². The van der Waals surface area contributed by atoms with Crippen molar-refractivity contribution in [1.82, 2.24) is 10.3 Å². The van der Waals surface area contributed by atoms with Crippen molar-refractivity contribution in [2.75, 3.05) is 18.9 Å². The minimum absolute atomic E-state index is 0.000648. The molecule has 0 aliphatic rings. The van der Waals surface area contributed by atoms with Crippen LogP contribution >= 0.6 is 11.3 Å². The molecule has 12 heavy (non-hydrogen) atoms. The number of hydrogen-bond donors (Lipinski definition) is 2. The minimum Gasteiger partial charge on any atom is -0.319 e. The second-order valence-electron chi connectivity index (χ2n) is 2.24. The number of amides is 1. The van der Waals surface area contributed by atoms with Gasteiger partial charge in [0.25, 0.3) is 0 Å². The molecule has 1 aromatic heterocycles. The number of anilines is 1. The zero-order chi connectivity index (χ0) is 8.81. The van der Waals surface area contributed by atoms with Crippen LogP contribution in [0, 0.1) is 0 Å². The molecule has 5 heteroatoms. The number of hydrogen-bond acceptors (Lipinski definition) is 4. The van der Waals surface area contributed by atoms with Crippen molar-refractivity contribution in [2.45, 2.75) is 6.42 Å². The summed E-state index contributed by atoms with van der Waals surface area (Å²) in [6, 6.07) is 0. The first kappa shape index (κ1) is 9.15. The molecule has 2 N–H and O–H groups in total. The molecular formula is C7H11N3OS. The van der Waals surface area contributed by atoms with Crippen LogP contribution in [0.3, 0.4) is 0 Å². The van der Waals surface area contributed by atoms with E-state index in [9.17, 15) is 4.79 Å². The summed E-state index contributed by atoms with van der Waals surface area (Å²) in [6.45, 7) is 0.692. The van der Waals surface area contributed by atoms with Crippen LogP contribution in [-0.4, -0.2) is 24.5 Å². The van der Waals surface area contributed by atoms with Gasteiger partial charge in [-0.1, -0.05) is 0 Å². The number of carbonyl (C=O) groups excluding carboxylic acids is 1. The van der Waals surface area contributed by atoms with Crippen LogP contribution in [0.15, 0.2) is 11.6 Å². The largest absolute Gasteiger partial charge is 0.319 e. The highest BCUT2D eigenvalue weighted by Crippen LogP contribution is 2.09. The summed E-state index contributed by atoms with van der Waals surface area (Å²) in [5.74, 6) is -0.000648. The lowest BCUT2D eigenvalue weighted by molar-refractivity contribution is -0.116. The van der Waals surface area contributed by atoms with Crippen molar-refractivity contribution in [3.63, 3.8) is 0 Å². The fraction of sp³-hybridized carbons (Fsp3) is 0.429. The molecule has 0 atom stereocenters. The van der Waals surface area contributed by atoms with Crippen LogP contribution in [0.25, 0.3) is 0 Å². The zero-order valence-electron chi connectivity index (χ0n) is 6.83. The molecule has 0 saturated heterocycles. The Morgan fingerprint density at radius 3 is 3.17 bits per heavy atom. The number of nitrogens with one attached hydrogen (secondary N) is 2. The molecule has 4 nitrogen and oxygen atoms in total. The van der Waals surface area contributed by atoms with Gasteiger partial charge in [-0.15, -0.1) is 11.3 Å². The molecule has 0 aliphatic carbocycles. The molecule has 0 aromatic carbocycles. The molecule has 1 heterocycles. The van der Waals surface area contributed by atoms with Crippen molar-refractivity contribution in [3.05, 3.63) is 11.6 Å². The van der Waals surface area contributed by atoms with Gasteiger partial charge in [-0.2, -0.15) is 0 Å². The van der Waals surface area contributed by atoms with E-state index in [1.165, 1.54) is 11.3 Å². The Labute approximate surface area is 75.0 Å². The number of nitrogens with zero attached hydrogens (tertiary/aromatic N) is 1. The van der Waals surface area contributed by atoms with Crippen LogP contribution in [0.1, 0.15) is 6.42 Å². The lowest BCUT2D eigenvalue weighted by atomic mass is 10.4. The average Bonchev–Trinajstić information content (AvgIpc) is 2.53. The van der Waals surface area contributed by atoms with Crippen molar-refractivity contribution < 1.29 is 4.79 Å². The van der Waals surface area contributed by atoms with Gasteiger partial charge < -0.3 is 10.6 Å². The monoisotopic (exact) mass is 185 g/mol. The summed E-state index contributed by atoms with van der Waals surface area (Å²) in [4.78, 5) is 15.0. The molecule has 0 spiro atoms. The Morgan fingerprint density at radius 2 is 2.58 bits per heavy atom. The summed E-state index contributed by atoms with van der Waals surface area (Å²) in [7, 11) is 1.82. The van der Waals surface area contributed by atoms with Crippen molar-refractivity contribution in [1.29, 1.82) is 0 Å². The Kier molecular flexibility index (Phi) is 3.69.